The highest BCUT2D eigenvalue weighted by molar-refractivity contribution is 7.91. The zero-order chi connectivity index (χ0) is 23.0. The van der Waals surface area contributed by atoms with Crippen LogP contribution in [-0.2, 0) is 9.84 Å². The second-order valence-corrected chi connectivity index (χ2v) is 9.30. The van der Waals surface area contributed by atoms with E-state index in [0.29, 0.717) is 30.4 Å². The van der Waals surface area contributed by atoms with Crippen molar-refractivity contribution in [2.75, 3.05) is 18.5 Å². The van der Waals surface area contributed by atoms with Crippen LogP contribution in [0.1, 0.15) is 5.56 Å². The second kappa shape index (κ2) is 8.25. The molecule has 1 N–H and O–H groups in total. The zero-order valence-electron chi connectivity index (χ0n) is 17.5. The standard InChI is InChI=1S/C24H19FN2O5S/c1-15-5-4-6-16(13-15)26-23-24(27-22(32-23)18-7-2-3-8-19(18)25)33(28,29)17-9-10-20-21(14-17)31-12-11-30-20/h2-10,13-14,26H,11-12H2,1H3. The lowest BCUT2D eigenvalue weighted by molar-refractivity contribution is 0.171. The summed E-state index contributed by atoms with van der Waals surface area (Å²) in [5.41, 5.74) is 1.61. The largest absolute Gasteiger partial charge is 0.486 e. The molecule has 9 heteroatoms. The van der Waals surface area contributed by atoms with Gasteiger partial charge in [0.15, 0.2) is 11.5 Å². The van der Waals surface area contributed by atoms with Gasteiger partial charge in [-0.05, 0) is 48.9 Å². The van der Waals surface area contributed by atoms with Gasteiger partial charge in [-0.15, -0.1) is 0 Å². The summed E-state index contributed by atoms with van der Waals surface area (Å²) in [4.78, 5) is 4.14. The number of ether oxygens (including phenoxy) is 2. The van der Waals surface area contributed by atoms with Crippen molar-refractivity contribution in [1.82, 2.24) is 4.98 Å². The van der Waals surface area contributed by atoms with Crippen LogP contribution in [0.5, 0.6) is 11.5 Å². The molecule has 4 aromatic rings. The average Bonchev–Trinajstić information content (AvgIpc) is 3.23. The molecule has 0 saturated carbocycles. The summed E-state index contributed by atoms with van der Waals surface area (Å²) < 4.78 is 58.3. The number of hydrogen-bond donors (Lipinski definition) is 1. The molecule has 1 aliphatic heterocycles. The summed E-state index contributed by atoms with van der Waals surface area (Å²) in [6.07, 6.45) is 0. The molecule has 0 saturated heterocycles. The second-order valence-electron chi connectivity index (χ2n) is 7.44. The lowest BCUT2D eigenvalue weighted by Crippen LogP contribution is -2.16. The number of benzene rings is 3. The Hall–Kier alpha value is -3.85. The van der Waals surface area contributed by atoms with E-state index in [-0.39, 0.29) is 27.3 Å². The van der Waals surface area contributed by atoms with Gasteiger partial charge in [-0.3, -0.25) is 0 Å². The van der Waals surface area contributed by atoms with Crippen molar-refractivity contribution in [1.29, 1.82) is 0 Å². The van der Waals surface area contributed by atoms with Crippen LogP contribution in [0, 0.1) is 12.7 Å². The Labute approximate surface area is 189 Å². The minimum atomic E-state index is -4.16. The van der Waals surface area contributed by atoms with Crippen LogP contribution in [-0.4, -0.2) is 26.6 Å². The highest BCUT2D eigenvalue weighted by Gasteiger charge is 2.30. The predicted molar refractivity (Wildman–Crippen MR) is 119 cm³/mol. The first-order chi connectivity index (χ1) is 15.9. The maximum absolute atomic E-state index is 14.4. The number of nitrogens with zero attached hydrogens (tertiary/aromatic N) is 1. The number of halogens is 1. The molecule has 0 radical (unpaired) electrons. The van der Waals surface area contributed by atoms with E-state index in [1.165, 1.54) is 36.4 Å². The number of sulfone groups is 1. The smallest absolute Gasteiger partial charge is 0.238 e. The predicted octanol–water partition coefficient (Wildman–Crippen LogP) is 5.14. The Kier molecular flexibility index (Phi) is 5.26. The number of nitrogens with one attached hydrogen (secondary N) is 1. The van der Waals surface area contributed by atoms with E-state index in [2.05, 4.69) is 10.3 Å². The van der Waals surface area contributed by atoms with Crippen molar-refractivity contribution >= 4 is 21.4 Å². The number of aromatic nitrogens is 1. The van der Waals surface area contributed by atoms with Gasteiger partial charge in [-0.1, -0.05) is 24.3 Å². The minimum absolute atomic E-state index is 0.0487. The Morgan fingerprint density at radius 1 is 0.939 bits per heavy atom. The van der Waals surface area contributed by atoms with Crippen LogP contribution in [0.25, 0.3) is 11.5 Å². The van der Waals surface area contributed by atoms with E-state index in [9.17, 15) is 12.8 Å². The normalized spacial score (nSPS) is 13.0. The molecule has 0 amide bonds. The molecule has 3 aromatic carbocycles. The Morgan fingerprint density at radius 3 is 2.52 bits per heavy atom. The van der Waals surface area contributed by atoms with E-state index in [4.69, 9.17) is 13.9 Å². The van der Waals surface area contributed by atoms with Crippen molar-refractivity contribution in [2.24, 2.45) is 0 Å². The molecule has 33 heavy (non-hydrogen) atoms. The molecule has 0 fully saturated rings. The first-order valence-corrected chi connectivity index (χ1v) is 11.6. The van der Waals surface area contributed by atoms with Gasteiger partial charge < -0.3 is 19.2 Å². The van der Waals surface area contributed by atoms with Gasteiger partial charge in [-0.2, -0.15) is 4.98 Å². The molecule has 1 aromatic heterocycles. The monoisotopic (exact) mass is 466 g/mol. The van der Waals surface area contributed by atoms with Crippen molar-refractivity contribution in [3.05, 3.63) is 78.1 Å². The van der Waals surface area contributed by atoms with Gasteiger partial charge in [0, 0.05) is 11.8 Å². The van der Waals surface area contributed by atoms with Crippen LogP contribution in [0.4, 0.5) is 16.0 Å². The molecule has 5 rings (SSSR count). The lowest BCUT2D eigenvalue weighted by Gasteiger charge is -2.18. The van der Waals surface area contributed by atoms with Crippen LogP contribution < -0.4 is 14.8 Å². The highest BCUT2D eigenvalue weighted by atomic mass is 32.2. The quantitative estimate of drug-likeness (QED) is 0.436. The topological polar surface area (TPSA) is 90.7 Å². The molecule has 0 aliphatic carbocycles. The first-order valence-electron chi connectivity index (χ1n) is 10.2. The SMILES string of the molecule is Cc1cccc(Nc2oc(-c3ccccc3F)nc2S(=O)(=O)c2ccc3c(c2)OCCO3)c1. The number of fused-ring (bicyclic) bond motifs is 1. The minimum Gasteiger partial charge on any atom is -0.486 e. The summed E-state index contributed by atoms with van der Waals surface area (Å²) in [5, 5.41) is 2.61. The number of hydrogen-bond acceptors (Lipinski definition) is 7. The van der Waals surface area contributed by atoms with Crippen molar-refractivity contribution < 1.29 is 26.7 Å². The fraction of sp³-hybridized carbons (Fsp3) is 0.125. The summed E-state index contributed by atoms with van der Waals surface area (Å²) in [6.45, 7) is 2.61. The van der Waals surface area contributed by atoms with Crippen LogP contribution >= 0.6 is 0 Å². The van der Waals surface area contributed by atoms with Gasteiger partial charge in [0.05, 0.1) is 10.5 Å². The number of aryl methyl sites for hydroxylation is 1. The molecule has 1 aliphatic rings. The molecule has 0 atom stereocenters. The molecule has 7 nitrogen and oxygen atoms in total. The molecule has 0 spiro atoms. The number of anilines is 2. The molecule has 0 unspecified atom stereocenters. The fourth-order valence-electron chi connectivity index (χ4n) is 3.47. The van der Waals surface area contributed by atoms with Crippen molar-refractivity contribution in [2.45, 2.75) is 16.8 Å². The van der Waals surface area contributed by atoms with Gasteiger partial charge in [0.25, 0.3) is 0 Å². The molecule has 2 heterocycles. The van der Waals surface area contributed by atoms with Crippen LogP contribution in [0.15, 0.2) is 81.1 Å². The van der Waals surface area contributed by atoms with Gasteiger partial charge in [0.2, 0.25) is 26.6 Å². The van der Waals surface area contributed by atoms with Gasteiger partial charge >= 0.3 is 0 Å². The lowest BCUT2D eigenvalue weighted by atomic mass is 10.2. The third-order valence-corrected chi connectivity index (χ3v) is 6.72. The molecule has 0 bridgehead atoms. The third kappa shape index (κ3) is 4.03. The molecular weight excluding hydrogens is 447 g/mol. The Morgan fingerprint density at radius 2 is 1.73 bits per heavy atom. The van der Waals surface area contributed by atoms with Crippen molar-refractivity contribution in [3.63, 3.8) is 0 Å². The maximum atomic E-state index is 14.4. The highest BCUT2D eigenvalue weighted by Crippen LogP contribution is 2.38. The summed E-state index contributed by atoms with van der Waals surface area (Å²) in [7, 11) is -4.16. The Bertz CT molecular complexity index is 1450. The molecule has 168 valence electrons. The van der Waals surface area contributed by atoms with Gasteiger partial charge in [-0.25, -0.2) is 12.8 Å². The third-order valence-electron chi connectivity index (χ3n) is 5.05. The van der Waals surface area contributed by atoms with Crippen molar-refractivity contribution in [3.8, 4) is 23.0 Å². The van der Waals surface area contributed by atoms with E-state index in [1.54, 1.807) is 12.1 Å². The van der Waals surface area contributed by atoms with Gasteiger partial charge in [0.1, 0.15) is 19.0 Å². The summed E-state index contributed by atoms with van der Waals surface area (Å²) >= 11 is 0. The molecular formula is C24H19FN2O5S. The zero-order valence-corrected chi connectivity index (χ0v) is 18.4. The first kappa shape index (κ1) is 21.0. The fourth-order valence-corrected chi connectivity index (χ4v) is 4.75. The van der Waals surface area contributed by atoms with E-state index >= 15 is 0 Å². The van der Waals surface area contributed by atoms with E-state index in [0.717, 1.165) is 5.56 Å². The summed E-state index contributed by atoms with van der Waals surface area (Å²) in [5.74, 6) is -0.0592. The van der Waals surface area contributed by atoms with E-state index in [1.807, 2.05) is 25.1 Å². The van der Waals surface area contributed by atoms with Crippen LogP contribution in [0.3, 0.4) is 0 Å². The summed E-state index contributed by atoms with van der Waals surface area (Å²) in [6, 6.07) is 17.5. The average molecular weight is 466 g/mol. The number of rotatable bonds is 5. The number of oxazole rings is 1. The van der Waals surface area contributed by atoms with Crippen LogP contribution in [0.2, 0.25) is 0 Å². The Balaban J connectivity index is 1.64. The van der Waals surface area contributed by atoms with E-state index < -0.39 is 15.7 Å². The maximum Gasteiger partial charge on any atom is 0.238 e.